The Morgan fingerprint density at radius 3 is 2.79 bits per heavy atom. The number of nitrogens with zero attached hydrogens (tertiary/aromatic N) is 3. The van der Waals surface area contributed by atoms with Crippen molar-refractivity contribution in [2.75, 3.05) is 20.2 Å². The van der Waals surface area contributed by atoms with Gasteiger partial charge in [0, 0.05) is 54.0 Å². The van der Waals surface area contributed by atoms with Gasteiger partial charge in [-0.05, 0) is 32.4 Å². The minimum absolute atomic E-state index is 0.182. The van der Waals surface area contributed by atoms with E-state index in [9.17, 15) is 5.11 Å². The lowest BCUT2D eigenvalue weighted by molar-refractivity contribution is 0.140. The van der Waals surface area contributed by atoms with Crippen molar-refractivity contribution in [3.63, 3.8) is 0 Å². The summed E-state index contributed by atoms with van der Waals surface area (Å²) < 4.78 is 5.52. The summed E-state index contributed by atoms with van der Waals surface area (Å²) in [5.74, 6) is 1.09. The van der Waals surface area contributed by atoms with Crippen molar-refractivity contribution in [1.82, 2.24) is 14.9 Å². The van der Waals surface area contributed by atoms with E-state index in [1.54, 1.807) is 7.11 Å². The van der Waals surface area contributed by atoms with Gasteiger partial charge >= 0.3 is 0 Å². The molecule has 5 nitrogen and oxygen atoms in total. The molecule has 0 unspecified atom stereocenters. The Hall–Kier alpha value is -2.50. The summed E-state index contributed by atoms with van der Waals surface area (Å²) in [6, 6.07) is 12.3. The van der Waals surface area contributed by atoms with Gasteiger partial charge in [-0.15, -0.1) is 0 Å². The summed E-state index contributed by atoms with van der Waals surface area (Å²) >= 11 is 0. The number of likely N-dealkylation sites (tertiary alicyclic amines) is 1. The first-order chi connectivity index (χ1) is 13.5. The zero-order valence-corrected chi connectivity index (χ0v) is 16.7. The molecule has 1 aliphatic rings. The molecule has 2 atom stereocenters. The maximum Gasteiger partial charge on any atom is 0.128 e. The van der Waals surface area contributed by atoms with Gasteiger partial charge in [0.15, 0.2) is 0 Å². The molecule has 2 aromatic heterocycles. The van der Waals surface area contributed by atoms with Crippen molar-refractivity contribution in [2.24, 2.45) is 5.92 Å². The number of ether oxygens (including phenoxy) is 1. The monoisotopic (exact) mass is 377 g/mol. The van der Waals surface area contributed by atoms with Gasteiger partial charge in [-0.25, -0.2) is 0 Å². The number of aliphatic hydroxyl groups is 1. The molecule has 0 amide bonds. The standard InChI is InChI=1S/C23H27N3O2/c1-15-11-24-21(16(2)23(15)28-3)13-26-12-18(22(27)14-26)10-19-9-8-17-6-4-5-7-20(17)25-19/h4-9,11,18,22,27H,10,12-14H2,1-3H3/t18-,22-/m1/s1. The number of methoxy groups -OCH3 is 1. The van der Waals surface area contributed by atoms with E-state index < -0.39 is 0 Å². The summed E-state index contributed by atoms with van der Waals surface area (Å²) in [6.45, 7) is 6.29. The van der Waals surface area contributed by atoms with E-state index >= 15 is 0 Å². The van der Waals surface area contributed by atoms with Crippen molar-refractivity contribution in [1.29, 1.82) is 0 Å². The van der Waals surface area contributed by atoms with E-state index in [-0.39, 0.29) is 12.0 Å². The van der Waals surface area contributed by atoms with E-state index in [0.29, 0.717) is 6.54 Å². The number of para-hydroxylation sites is 1. The van der Waals surface area contributed by atoms with Gasteiger partial charge < -0.3 is 9.84 Å². The molecule has 0 spiro atoms. The van der Waals surface area contributed by atoms with E-state index in [4.69, 9.17) is 9.72 Å². The van der Waals surface area contributed by atoms with Gasteiger partial charge in [-0.2, -0.15) is 0 Å². The summed E-state index contributed by atoms with van der Waals surface area (Å²) in [5, 5.41) is 11.8. The first-order valence-electron chi connectivity index (χ1n) is 9.79. The van der Waals surface area contributed by atoms with Crippen LogP contribution in [0.25, 0.3) is 10.9 Å². The van der Waals surface area contributed by atoms with Crippen LogP contribution in [0, 0.1) is 19.8 Å². The number of hydrogen-bond acceptors (Lipinski definition) is 5. The predicted molar refractivity (Wildman–Crippen MR) is 110 cm³/mol. The summed E-state index contributed by atoms with van der Waals surface area (Å²) in [7, 11) is 1.70. The molecule has 1 fully saturated rings. The van der Waals surface area contributed by atoms with Crippen molar-refractivity contribution in [3.8, 4) is 5.75 Å². The molecule has 1 saturated heterocycles. The van der Waals surface area contributed by atoms with Crippen LogP contribution >= 0.6 is 0 Å². The molecular formula is C23H27N3O2. The third-order valence-corrected chi connectivity index (χ3v) is 5.73. The Balaban J connectivity index is 1.46. The maximum absolute atomic E-state index is 10.6. The lowest BCUT2D eigenvalue weighted by Gasteiger charge is -2.18. The van der Waals surface area contributed by atoms with Crippen LogP contribution in [0.1, 0.15) is 22.5 Å². The van der Waals surface area contributed by atoms with Crippen LogP contribution in [0.2, 0.25) is 0 Å². The lowest BCUT2D eigenvalue weighted by Crippen LogP contribution is -2.22. The average Bonchev–Trinajstić information content (AvgIpc) is 3.03. The van der Waals surface area contributed by atoms with Crippen molar-refractivity contribution in [3.05, 3.63) is 65.1 Å². The van der Waals surface area contributed by atoms with Crippen LogP contribution in [0.4, 0.5) is 0 Å². The summed E-state index contributed by atoms with van der Waals surface area (Å²) in [5.41, 5.74) is 5.19. The van der Waals surface area contributed by atoms with Crippen LogP contribution in [-0.2, 0) is 13.0 Å². The number of fused-ring (bicyclic) bond motifs is 1. The fraction of sp³-hybridized carbons (Fsp3) is 0.391. The average molecular weight is 377 g/mol. The molecule has 0 saturated carbocycles. The Bertz CT molecular complexity index is 989. The van der Waals surface area contributed by atoms with Gasteiger partial charge in [0.1, 0.15) is 5.75 Å². The lowest BCUT2D eigenvalue weighted by atomic mass is 9.99. The zero-order valence-electron chi connectivity index (χ0n) is 16.7. The fourth-order valence-electron chi connectivity index (χ4n) is 4.20. The molecule has 28 heavy (non-hydrogen) atoms. The number of aryl methyl sites for hydroxylation is 1. The number of pyridine rings is 2. The van der Waals surface area contributed by atoms with Crippen LogP contribution in [-0.4, -0.2) is 46.3 Å². The second kappa shape index (κ2) is 7.86. The highest BCUT2D eigenvalue weighted by molar-refractivity contribution is 5.78. The van der Waals surface area contributed by atoms with Gasteiger partial charge in [0.05, 0.1) is 24.4 Å². The summed E-state index contributed by atoms with van der Waals surface area (Å²) in [6.07, 6.45) is 2.30. The molecule has 1 aliphatic heterocycles. The number of β-amino-alcohol motifs (C(OH)–C–C–N with tert-alkyl or cyclic N) is 1. The Labute approximate surface area is 166 Å². The smallest absolute Gasteiger partial charge is 0.128 e. The molecule has 0 bridgehead atoms. The predicted octanol–water partition coefficient (Wildman–Crippen LogP) is 3.29. The maximum atomic E-state index is 10.6. The third kappa shape index (κ3) is 3.73. The molecule has 4 rings (SSSR count). The number of aliphatic hydroxyl groups excluding tert-OH is 1. The fourth-order valence-corrected chi connectivity index (χ4v) is 4.20. The first-order valence-corrected chi connectivity index (χ1v) is 9.79. The van der Waals surface area contributed by atoms with E-state index in [1.165, 1.54) is 0 Å². The number of rotatable bonds is 5. The number of benzene rings is 1. The minimum atomic E-state index is -0.346. The molecular weight excluding hydrogens is 350 g/mol. The molecule has 1 aromatic carbocycles. The van der Waals surface area contributed by atoms with Gasteiger partial charge in [0.25, 0.3) is 0 Å². The largest absolute Gasteiger partial charge is 0.496 e. The number of aromatic nitrogens is 2. The molecule has 0 aliphatic carbocycles. The summed E-state index contributed by atoms with van der Waals surface area (Å²) in [4.78, 5) is 11.7. The van der Waals surface area contributed by atoms with Crippen molar-refractivity contribution >= 4 is 10.9 Å². The topological polar surface area (TPSA) is 58.5 Å². The second-order valence-corrected chi connectivity index (χ2v) is 7.77. The minimum Gasteiger partial charge on any atom is -0.496 e. The van der Waals surface area contributed by atoms with Gasteiger partial charge in [0.2, 0.25) is 0 Å². The highest BCUT2D eigenvalue weighted by Crippen LogP contribution is 2.27. The molecule has 3 heterocycles. The highest BCUT2D eigenvalue weighted by atomic mass is 16.5. The van der Waals surface area contributed by atoms with Crippen LogP contribution in [0.15, 0.2) is 42.6 Å². The molecule has 3 aromatic rings. The Kier molecular flexibility index (Phi) is 5.29. The molecule has 0 radical (unpaired) electrons. The van der Waals surface area contributed by atoms with E-state index in [2.05, 4.69) is 35.0 Å². The van der Waals surface area contributed by atoms with Crippen LogP contribution in [0.5, 0.6) is 5.75 Å². The Morgan fingerprint density at radius 2 is 1.96 bits per heavy atom. The first kappa shape index (κ1) is 18.8. The van der Waals surface area contributed by atoms with E-state index in [0.717, 1.165) is 58.7 Å². The SMILES string of the molecule is COc1c(C)cnc(CN2C[C@@H](Cc3ccc4ccccc4n3)[C@H](O)C2)c1C. The van der Waals surface area contributed by atoms with Gasteiger partial charge in [-0.3, -0.25) is 14.9 Å². The van der Waals surface area contributed by atoms with Gasteiger partial charge in [-0.1, -0.05) is 24.3 Å². The quantitative estimate of drug-likeness (QED) is 0.739. The molecule has 1 N–H and O–H groups in total. The van der Waals surface area contributed by atoms with Crippen molar-refractivity contribution < 1.29 is 9.84 Å². The van der Waals surface area contributed by atoms with E-state index in [1.807, 2.05) is 31.3 Å². The van der Waals surface area contributed by atoms with Crippen LogP contribution in [0.3, 0.4) is 0 Å². The zero-order chi connectivity index (χ0) is 19.7. The number of hydrogen-bond donors (Lipinski definition) is 1. The van der Waals surface area contributed by atoms with Crippen molar-refractivity contribution in [2.45, 2.75) is 32.9 Å². The third-order valence-electron chi connectivity index (χ3n) is 5.73. The second-order valence-electron chi connectivity index (χ2n) is 7.77. The normalized spacial score (nSPS) is 20.0. The Morgan fingerprint density at radius 1 is 1.14 bits per heavy atom. The highest BCUT2D eigenvalue weighted by Gasteiger charge is 2.32. The van der Waals surface area contributed by atoms with Crippen LogP contribution < -0.4 is 4.74 Å². The molecule has 146 valence electrons. The molecule has 5 heteroatoms.